The van der Waals surface area contributed by atoms with Crippen molar-refractivity contribution in [1.29, 1.82) is 0 Å². The van der Waals surface area contributed by atoms with Gasteiger partial charge in [0.1, 0.15) is 17.3 Å². The van der Waals surface area contributed by atoms with Gasteiger partial charge in [-0.05, 0) is 57.5 Å². The van der Waals surface area contributed by atoms with Gasteiger partial charge in [0, 0.05) is 17.7 Å². The van der Waals surface area contributed by atoms with Gasteiger partial charge in [-0.1, -0.05) is 0 Å². The molecular weight excluding hydrogens is 355 g/mol. The lowest BCUT2D eigenvalue weighted by atomic mass is 10.0. The van der Waals surface area contributed by atoms with Gasteiger partial charge in [0.15, 0.2) is 0 Å². The van der Waals surface area contributed by atoms with Gasteiger partial charge in [-0.15, -0.1) is 0 Å². The first-order chi connectivity index (χ1) is 12.5. The third kappa shape index (κ3) is 5.16. The number of hydrogen-bond acceptors (Lipinski definition) is 4. The normalized spacial score (nSPS) is 11.1. The number of nitrogens with zero attached hydrogens (tertiary/aromatic N) is 2. The average Bonchev–Trinajstić information content (AvgIpc) is 2.50. The summed E-state index contributed by atoms with van der Waals surface area (Å²) < 4.78 is 19.1. The van der Waals surface area contributed by atoms with Crippen LogP contribution in [0.3, 0.4) is 0 Å². The van der Waals surface area contributed by atoms with Gasteiger partial charge in [-0.3, -0.25) is 15.0 Å². The minimum absolute atomic E-state index is 0.183. The Hall–Kier alpha value is -3.16. The molecule has 2 aromatic rings. The van der Waals surface area contributed by atoms with Crippen molar-refractivity contribution >= 4 is 11.8 Å². The Morgan fingerprint density at radius 3 is 2.41 bits per heavy atom. The van der Waals surface area contributed by atoms with Gasteiger partial charge in [-0.2, -0.15) is 0 Å². The van der Waals surface area contributed by atoms with Crippen LogP contribution in [0.25, 0.3) is 0 Å². The number of halogens is 1. The summed E-state index contributed by atoms with van der Waals surface area (Å²) in [5.74, 6) is 0.0370. The highest BCUT2D eigenvalue weighted by Gasteiger charge is 2.29. The van der Waals surface area contributed by atoms with Gasteiger partial charge < -0.3 is 9.84 Å². The number of carbonyl (C=O) groups is 1. The molecule has 0 aromatic heterocycles. The lowest BCUT2D eigenvalue weighted by Gasteiger charge is -2.33. The van der Waals surface area contributed by atoms with Crippen molar-refractivity contribution in [3.8, 4) is 11.5 Å². The molecule has 1 amide bonds. The van der Waals surface area contributed by atoms with Gasteiger partial charge in [-0.25, -0.2) is 9.18 Å². The van der Waals surface area contributed by atoms with Crippen LogP contribution in [-0.2, 0) is 6.54 Å². The lowest BCUT2D eigenvalue weighted by Crippen LogP contribution is -2.44. The zero-order chi connectivity index (χ0) is 20.4. The van der Waals surface area contributed by atoms with Crippen LogP contribution in [-0.4, -0.2) is 26.6 Å². The molecule has 0 bridgehead atoms. The third-order valence-electron chi connectivity index (χ3n) is 3.87. The molecule has 0 spiro atoms. The van der Waals surface area contributed by atoms with Crippen LogP contribution in [0.2, 0.25) is 0 Å². The van der Waals surface area contributed by atoms with Crippen molar-refractivity contribution in [1.82, 2.24) is 4.90 Å². The number of nitro benzene ring substituents is 1. The first kappa shape index (κ1) is 20.2. The summed E-state index contributed by atoms with van der Waals surface area (Å²) in [7, 11) is 0. The van der Waals surface area contributed by atoms with Gasteiger partial charge >= 0.3 is 6.09 Å². The monoisotopic (exact) mass is 376 g/mol. The van der Waals surface area contributed by atoms with Crippen molar-refractivity contribution in [3.63, 3.8) is 0 Å². The highest BCUT2D eigenvalue weighted by molar-refractivity contribution is 5.66. The smallest absolute Gasteiger partial charge is 0.408 e. The Morgan fingerprint density at radius 2 is 1.89 bits per heavy atom. The van der Waals surface area contributed by atoms with Gasteiger partial charge in [0.25, 0.3) is 5.69 Å². The SMILES string of the molecule is Cc1cc(F)cc(Oc2ccc([N+](=O)[O-])c(CN(C(=O)O)C(C)(C)C)c2)c1. The topological polar surface area (TPSA) is 92.9 Å². The van der Waals surface area contributed by atoms with E-state index < -0.39 is 22.4 Å². The predicted octanol–water partition coefficient (Wildman–Crippen LogP) is 5.11. The predicted molar refractivity (Wildman–Crippen MR) is 97.6 cm³/mol. The summed E-state index contributed by atoms with van der Waals surface area (Å²) in [6.07, 6.45) is -1.19. The van der Waals surface area contributed by atoms with E-state index in [1.807, 2.05) is 0 Å². The molecule has 0 saturated carbocycles. The van der Waals surface area contributed by atoms with Crippen LogP contribution < -0.4 is 4.74 Å². The summed E-state index contributed by atoms with van der Waals surface area (Å²) in [5, 5.41) is 20.8. The summed E-state index contributed by atoms with van der Waals surface area (Å²) in [6, 6.07) is 8.22. The molecule has 0 unspecified atom stereocenters. The maximum atomic E-state index is 13.5. The molecule has 0 aliphatic heterocycles. The molecule has 2 rings (SSSR count). The van der Waals surface area contributed by atoms with E-state index in [1.54, 1.807) is 33.8 Å². The first-order valence-corrected chi connectivity index (χ1v) is 8.20. The third-order valence-corrected chi connectivity index (χ3v) is 3.87. The molecule has 0 aliphatic carbocycles. The van der Waals surface area contributed by atoms with E-state index in [4.69, 9.17) is 4.74 Å². The van der Waals surface area contributed by atoms with E-state index in [1.165, 1.54) is 30.3 Å². The molecule has 0 saturated heterocycles. The van der Waals surface area contributed by atoms with Crippen LogP contribution in [0.1, 0.15) is 31.9 Å². The molecule has 8 heteroatoms. The fourth-order valence-corrected chi connectivity index (χ4v) is 2.59. The van der Waals surface area contributed by atoms with Crippen molar-refractivity contribution in [3.05, 3.63) is 63.5 Å². The second-order valence-corrected chi connectivity index (χ2v) is 7.15. The summed E-state index contributed by atoms with van der Waals surface area (Å²) in [6.45, 7) is 6.62. The first-order valence-electron chi connectivity index (χ1n) is 8.20. The fourth-order valence-electron chi connectivity index (χ4n) is 2.59. The van der Waals surface area contributed by atoms with Crippen LogP contribution >= 0.6 is 0 Å². The summed E-state index contributed by atoms with van der Waals surface area (Å²) >= 11 is 0. The maximum absolute atomic E-state index is 13.5. The number of benzene rings is 2. The van der Waals surface area contributed by atoms with E-state index in [-0.39, 0.29) is 29.3 Å². The van der Waals surface area contributed by atoms with E-state index in [0.29, 0.717) is 5.56 Å². The number of aryl methyl sites for hydroxylation is 1. The highest BCUT2D eigenvalue weighted by Crippen LogP contribution is 2.31. The van der Waals surface area contributed by atoms with Crippen molar-refractivity contribution < 1.29 is 24.0 Å². The molecule has 7 nitrogen and oxygen atoms in total. The number of carboxylic acid groups (broad SMARTS) is 1. The largest absolute Gasteiger partial charge is 0.465 e. The number of amides is 1. The summed E-state index contributed by atoms with van der Waals surface area (Å²) in [4.78, 5) is 23.4. The van der Waals surface area contributed by atoms with E-state index in [9.17, 15) is 24.4 Å². The molecule has 144 valence electrons. The molecule has 0 aliphatic rings. The number of nitro groups is 1. The second kappa shape index (κ2) is 7.61. The molecule has 0 radical (unpaired) electrons. The second-order valence-electron chi connectivity index (χ2n) is 7.15. The van der Waals surface area contributed by atoms with Gasteiger partial charge in [0.2, 0.25) is 0 Å². The molecule has 2 aromatic carbocycles. The van der Waals surface area contributed by atoms with Gasteiger partial charge in [0.05, 0.1) is 17.0 Å². The van der Waals surface area contributed by atoms with E-state index >= 15 is 0 Å². The minimum Gasteiger partial charge on any atom is -0.465 e. The number of rotatable bonds is 5. The Balaban J connectivity index is 2.41. The maximum Gasteiger partial charge on any atom is 0.408 e. The van der Waals surface area contributed by atoms with E-state index in [0.717, 1.165) is 4.90 Å². The Bertz CT molecular complexity index is 857. The summed E-state index contributed by atoms with van der Waals surface area (Å²) in [5.41, 5.74) is -0.121. The van der Waals surface area contributed by atoms with Crippen molar-refractivity contribution in [2.75, 3.05) is 0 Å². The Labute approximate surface area is 156 Å². The number of hydrogen-bond donors (Lipinski definition) is 1. The van der Waals surface area contributed by atoms with Crippen molar-refractivity contribution in [2.24, 2.45) is 0 Å². The van der Waals surface area contributed by atoms with Crippen LogP contribution in [0.4, 0.5) is 14.9 Å². The molecule has 27 heavy (non-hydrogen) atoms. The molecule has 0 fully saturated rings. The average molecular weight is 376 g/mol. The Kier molecular flexibility index (Phi) is 5.68. The molecule has 0 atom stereocenters. The number of ether oxygens (including phenoxy) is 1. The Morgan fingerprint density at radius 1 is 1.22 bits per heavy atom. The minimum atomic E-state index is -1.19. The highest BCUT2D eigenvalue weighted by atomic mass is 19.1. The lowest BCUT2D eigenvalue weighted by molar-refractivity contribution is -0.385. The molecule has 0 heterocycles. The fraction of sp³-hybridized carbons (Fsp3) is 0.316. The van der Waals surface area contributed by atoms with Crippen LogP contribution in [0.5, 0.6) is 11.5 Å². The van der Waals surface area contributed by atoms with E-state index in [2.05, 4.69) is 0 Å². The quantitative estimate of drug-likeness (QED) is 0.578. The molecule has 1 N–H and O–H groups in total. The zero-order valence-electron chi connectivity index (χ0n) is 15.5. The van der Waals surface area contributed by atoms with Crippen LogP contribution in [0.15, 0.2) is 36.4 Å². The molecular formula is C19H21FN2O5. The zero-order valence-corrected chi connectivity index (χ0v) is 15.5. The standard InChI is InChI=1S/C19H21FN2O5/c1-12-7-14(20)10-16(8-12)27-15-5-6-17(22(25)26)13(9-15)11-21(18(23)24)19(2,3)4/h5-10H,11H2,1-4H3,(H,23,24). The van der Waals surface area contributed by atoms with Crippen LogP contribution in [0, 0.1) is 22.9 Å². The van der Waals surface area contributed by atoms with Crippen molar-refractivity contribution in [2.45, 2.75) is 39.8 Å².